The second kappa shape index (κ2) is 8.85. The van der Waals surface area contributed by atoms with Gasteiger partial charge in [-0.25, -0.2) is 4.98 Å². The average molecular weight is 267 g/mol. The fraction of sp³-hybridized carbons (Fsp3) is 0.643. The van der Waals surface area contributed by atoms with Gasteiger partial charge in [-0.15, -0.1) is 0 Å². The van der Waals surface area contributed by atoms with Crippen LogP contribution in [-0.4, -0.2) is 45.5 Å². The first-order valence-corrected chi connectivity index (χ1v) is 6.64. The molecule has 108 valence electrons. The summed E-state index contributed by atoms with van der Waals surface area (Å²) in [5.74, 6) is 0.950. The zero-order chi connectivity index (χ0) is 14.1. The van der Waals surface area contributed by atoms with E-state index in [0.29, 0.717) is 6.61 Å². The van der Waals surface area contributed by atoms with Crippen molar-refractivity contribution in [3.8, 4) is 0 Å². The number of ether oxygens (including phenoxy) is 2. The van der Waals surface area contributed by atoms with Gasteiger partial charge in [-0.05, 0) is 19.4 Å². The minimum atomic E-state index is -0.0313. The van der Waals surface area contributed by atoms with E-state index in [1.807, 2.05) is 19.1 Å². The lowest BCUT2D eigenvalue weighted by atomic mass is 10.1. The molecule has 2 N–H and O–H groups in total. The molecule has 0 aromatic carbocycles. The maximum Gasteiger partial charge on any atom is 0.133 e. The summed E-state index contributed by atoms with van der Waals surface area (Å²) in [6.07, 6.45) is 2.76. The molecule has 1 aromatic heterocycles. The van der Waals surface area contributed by atoms with Gasteiger partial charge in [-0.3, -0.25) is 0 Å². The maximum atomic E-state index is 6.01. The molecule has 0 bridgehead atoms. The molecule has 0 aliphatic heterocycles. The molecule has 0 fully saturated rings. The third-order valence-corrected chi connectivity index (χ3v) is 2.95. The van der Waals surface area contributed by atoms with Crippen LogP contribution in [0.25, 0.3) is 0 Å². The van der Waals surface area contributed by atoms with Gasteiger partial charge < -0.3 is 20.1 Å². The predicted molar refractivity (Wildman–Crippen MR) is 77.4 cm³/mol. The van der Waals surface area contributed by atoms with Gasteiger partial charge in [0.2, 0.25) is 0 Å². The molecule has 0 saturated heterocycles. The smallest absolute Gasteiger partial charge is 0.133 e. The number of hydrogen-bond donors (Lipinski definition) is 1. The number of nitrogens with zero attached hydrogens (tertiary/aromatic N) is 2. The molecule has 0 saturated carbocycles. The lowest BCUT2D eigenvalue weighted by molar-refractivity contribution is 0.191. The number of rotatable bonds is 9. The second-order valence-electron chi connectivity index (χ2n) is 4.53. The van der Waals surface area contributed by atoms with Crippen molar-refractivity contribution in [2.75, 3.05) is 45.4 Å². The summed E-state index contributed by atoms with van der Waals surface area (Å²) < 4.78 is 10.3. The molecule has 0 spiro atoms. The molecule has 0 unspecified atom stereocenters. The molecule has 0 radical (unpaired) electrons. The molecule has 1 aromatic rings. The minimum absolute atomic E-state index is 0.0313. The summed E-state index contributed by atoms with van der Waals surface area (Å²) in [7, 11) is 3.42. The topological polar surface area (TPSA) is 60.6 Å². The third-order valence-electron chi connectivity index (χ3n) is 2.95. The van der Waals surface area contributed by atoms with Gasteiger partial charge in [0, 0.05) is 51.7 Å². The quantitative estimate of drug-likeness (QED) is 0.688. The van der Waals surface area contributed by atoms with Gasteiger partial charge in [0.1, 0.15) is 5.82 Å². The van der Waals surface area contributed by atoms with Crippen LogP contribution in [0.3, 0.4) is 0 Å². The van der Waals surface area contributed by atoms with E-state index in [0.717, 1.165) is 37.5 Å². The molecule has 0 aliphatic carbocycles. The van der Waals surface area contributed by atoms with E-state index in [1.54, 1.807) is 20.4 Å². The van der Waals surface area contributed by atoms with Gasteiger partial charge in [0.15, 0.2) is 0 Å². The molecule has 1 heterocycles. The fourth-order valence-corrected chi connectivity index (χ4v) is 1.95. The van der Waals surface area contributed by atoms with Crippen LogP contribution in [0.1, 0.15) is 24.9 Å². The average Bonchev–Trinajstić information content (AvgIpc) is 2.42. The standard InChI is InChI=1S/C14H25N3O2/c1-12(15)13-6-4-7-16-14(13)17(9-11-19-3)8-5-10-18-2/h4,6-7,12H,5,8-11,15H2,1-3H3/t12-/m1/s1. The van der Waals surface area contributed by atoms with E-state index < -0.39 is 0 Å². The summed E-state index contributed by atoms with van der Waals surface area (Å²) in [6.45, 7) is 5.07. The summed E-state index contributed by atoms with van der Waals surface area (Å²) in [5.41, 5.74) is 7.08. The predicted octanol–water partition coefficient (Wildman–Crippen LogP) is 1.59. The molecule has 5 nitrogen and oxygen atoms in total. The van der Waals surface area contributed by atoms with Crippen LogP contribution >= 0.6 is 0 Å². The van der Waals surface area contributed by atoms with E-state index in [9.17, 15) is 0 Å². The van der Waals surface area contributed by atoms with Crippen molar-refractivity contribution >= 4 is 5.82 Å². The van der Waals surface area contributed by atoms with Gasteiger partial charge in [-0.1, -0.05) is 6.07 Å². The largest absolute Gasteiger partial charge is 0.385 e. The highest BCUT2D eigenvalue weighted by atomic mass is 16.5. The van der Waals surface area contributed by atoms with Gasteiger partial charge in [0.25, 0.3) is 0 Å². The first-order chi connectivity index (χ1) is 9.20. The van der Waals surface area contributed by atoms with E-state index in [-0.39, 0.29) is 6.04 Å². The summed E-state index contributed by atoms with van der Waals surface area (Å²) >= 11 is 0. The van der Waals surface area contributed by atoms with Crippen molar-refractivity contribution in [2.24, 2.45) is 5.73 Å². The highest BCUT2D eigenvalue weighted by Gasteiger charge is 2.14. The second-order valence-corrected chi connectivity index (χ2v) is 4.53. The molecule has 5 heteroatoms. The van der Waals surface area contributed by atoms with E-state index >= 15 is 0 Å². The number of pyridine rings is 1. The van der Waals surface area contributed by atoms with E-state index in [2.05, 4.69) is 9.88 Å². The van der Waals surface area contributed by atoms with Crippen molar-refractivity contribution in [3.63, 3.8) is 0 Å². The van der Waals surface area contributed by atoms with Gasteiger partial charge in [0.05, 0.1) is 6.61 Å². The van der Waals surface area contributed by atoms with Crippen molar-refractivity contribution in [1.29, 1.82) is 0 Å². The van der Waals surface area contributed by atoms with Crippen molar-refractivity contribution in [2.45, 2.75) is 19.4 Å². The number of nitrogens with two attached hydrogens (primary N) is 1. The van der Waals surface area contributed by atoms with Gasteiger partial charge >= 0.3 is 0 Å². The summed E-state index contributed by atoms with van der Waals surface area (Å²) in [5, 5.41) is 0. The minimum Gasteiger partial charge on any atom is -0.385 e. The van der Waals surface area contributed by atoms with Crippen molar-refractivity contribution < 1.29 is 9.47 Å². The van der Waals surface area contributed by atoms with Gasteiger partial charge in [-0.2, -0.15) is 0 Å². The Bertz CT molecular complexity index is 358. The Morgan fingerprint density at radius 1 is 1.26 bits per heavy atom. The van der Waals surface area contributed by atoms with E-state index in [1.165, 1.54) is 0 Å². The Labute approximate surface area is 115 Å². The van der Waals surface area contributed by atoms with Crippen molar-refractivity contribution in [1.82, 2.24) is 4.98 Å². The third kappa shape index (κ3) is 5.14. The monoisotopic (exact) mass is 267 g/mol. The van der Waals surface area contributed by atoms with Crippen LogP contribution in [0.5, 0.6) is 0 Å². The number of hydrogen-bond acceptors (Lipinski definition) is 5. The maximum absolute atomic E-state index is 6.01. The van der Waals surface area contributed by atoms with Crippen LogP contribution in [-0.2, 0) is 9.47 Å². The highest BCUT2D eigenvalue weighted by molar-refractivity contribution is 5.48. The van der Waals surface area contributed by atoms with Crippen LogP contribution in [0.4, 0.5) is 5.82 Å². The fourth-order valence-electron chi connectivity index (χ4n) is 1.95. The SMILES string of the molecule is COCCCN(CCOC)c1ncccc1[C@@H](C)N. The van der Waals surface area contributed by atoms with Crippen LogP contribution in [0.15, 0.2) is 18.3 Å². The highest BCUT2D eigenvalue weighted by Crippen LogP contribution is 2.22. The Hall–Kier alpha value is -1.17. The Kier molecular flexibility index (Phi) is 7.40. The van der Waals surface area contributed by atoms with Crippen molar-refractivity contribution in [3.05, 3.63) is 23.9 Å². The Morgan fingerprint density at radius 2 is 2.00 bits per heavy atom. The number of methoxy groups -OCH3 is 2. The van der Waals surface area contributed by atoms with Crippen LogP contribution in [0, 0.1) is 0 Å². The zero-order valence-corrected chi connectivity index (χ0v) is 12.1. The molecule has 1 rings (SSSR count). The zero-order valence-electron chi connectivity index (χ0n) is 12.1. The van der Waals surface area contributed by atoms with Crippen LogP contribution < -0.4 is 10.6 Å². The molecule has 0 aliphatic rings. The molecule has 19 heavy (non-hydrogen) atoms. The molecule has 1 atom stereocenters. The van der Waals surface area contributed by atoms with E-state index in [4.69, 9.17) is 15.2 Å². The lowest BCUT2D eigenvalue weighted by Crippen LogP contribution is -2.31. The summed E-state index contributed by atoms with van der Waals surface area (Å²) in [4.78, 5) is 6.69. The molecular weight excluding hydrogens is 242 g/mol. The molecule has 0 amide bonds. The molecular formula is C14H25N3O2. The Balaban J connectivity index is 2.82. The number of anilines is 1. The lowest BCUT2D eigenvalue weighted by Gasteiger charge is -2.26. The normalized spacial score (nSPS) is 12.4. The number of aromatic nitrogens is 1. The summed E-state index contributed by atoms with van der Waals surface area (Å²) in [6, 6.07) is 3.92. The Morgan fingerprint density at radius 3 is 2.63 bits per heavy atom. The first-order valence-electron chi connectivity index (χ1n) is 6.64. The van der Waals surface area contributed by atoms with Crippen LogP contribution in [0.2, 0.25) is 0 Å². The first kappa shape index (κ1) is 15.9.